The number of carboxylic acid groups (broad SMARTS) is 2. The zero-order valence-electron chi connectivity index (χ0n) is 16.2. The van der Waals surface area contributed by atoms with Crippen molar-refractivity contribution < 1.29 is 19.8 Å². The molecule has 0 saturated heterocycles. The quantitative estimate of drug-likeness (QED) is 0.531. The van der Waals surface area contributed by atoms with E-state index in [0.29, 0.717) is 0 Å². The van der Waals surface area contributed by atoms with Crippen molar-refractivity contribution in [1.82, 2.24) is 0 Å². The maximum absolute atomic E-state index is 10.5. The van der Waals surface area contributed by atoms with E-state index in [-0.39, 0.29) is 60.0 Å². The largest absolute Gasteiger partial charge is 2.00 e. The van der Waals surface area contributed by atoms with Crippen molar-refractivity contribution >= 4 is 60.8 Å². The smallest absolute Gasteiger partial charge is 0.545 e. The molecule has 0 aliphatic carbocycles. The Hall–Kier alpha value is -1.05. The molecule has 4 nitrogen and oxygen atoms in total. The number of rotatable bonds is 8. The van der Waals surface area contributed by atoms with Gasteiger partial charge in [0.1, 0.15) is 0 Å². The molecule has 0 radical (unpaired) electrons. The first-order valence-electron chi connectivity index (χ1n) is 9.08. The summed E-state index contributed by atoms with van der Waals surface area (Å²) in [4.78, 5) is 21.0. The Balaban J connectivity index is 0.000000483. The van der Waals surface area contributed by atoms with Gasteiger partial charge >= 0.3 is 48.9 Å². The van der Waals surface area contributed by atoms with Crippen LogP contribution in [0.5, 0.6) is 0 Å². The summed E-state index contributed by atoms with van der Waals surface area (Å²) < 4.78 is 0. The van der Waals surface area contributed by atoms with Gasteiger partial charge in [-0.15, -0.1) is 0 Å². The molecule has 5 heteroatoms. The van der Waals surface area contributed by atoms with Crippen LogP contribution in [0.3, 0.4) is 0 Å². The Labute approximate surface area is 202 Å². The zero-order valence-corrected chi connectivity index (χ0v) is 20.6. The molecule has 0 unspecified atom stereocenters. The Bertz CT molecular complexity index is 651. The van der Waals surface area contributed by atoms with Gasteiger partial charge < -0.3 is 19.8 Å². The van der Waals surface area contributed by atoms with Crippen LogP contribution in [-0.2, 0) is 12.8 Å². The van der Waals surface area contributed by atoms with Crippen LogP contribution in [0.15, 0.2) is 48.5 Å². The van der Waals surface area contributed by atoms with Crippen LogP contribution in [0.2, 0.25) is 0 Å². The van der Waals surface area contributed by atoms with Crippen molar-refractivity contribution in [3.05, 3.63) is 70.8 Å². The number of carboxylic acids is 2. The van der Waals surface area contributed by atoms with Crippen molar-refractivity contribution in [3.63, 3.8) is 0 Å². The van der Waals surface area contributed by atoms with Gasteiger partial charge in [0.2, 0.25) is 0 Å². The molecule has 0 aliphatic heterocycles. The van der Waals surface area contributed by atoms with E-state index < -0.39 is 11.9 Å². The van der Waals surface area contributed by atoms with E-state index in [1.165, 1.54) is 0 Å². The van der Waals surface area contributed by atoms with Crippen molar-refractivity contribution in [2.75, 3.05) is 0 Å². The second-order valence-corrected chi connectivity index (χ2v) is 6.18. The van der Waals surface area contributed by atoms with E-state index in [4.69, 9.17) is 0 Å². The molecular formula is C22H26BaO4. The molecule has 0 fully saturated rings. The van der Waals surface area contributed by atoms with Gasteiger partial charge in [-0.2, -0.15) is 0 Å². The second-order valence-electron chi connectivity index (χ2n) is 6.18. The molecule has 0 aliphatic rings. The van der Waals surface area contributed by atoms with Gasteiger partial charge in [-0.05, 0) is 60.1 Å². The van der Waals surface area contributed by atoms with Gasteiger partial charge in [0.25, 0.3) is 0 Å². The molecule has 0 amide bonds. The van der Waals surface area contributed by atoms with Crippen LogP contribution in [-0.4, -0.2) is 60.8 Å². The summed E-state index contributed by atoms with van der Waals surface area (Å²) in [6.45, 7) is 4.23. The number of hydrogen-bond acceptors (Lipinski definition) is 4. The summed E-state index contributed by atoms with van der Waals surface area (Å²) in [5.74, 6) is -2.20. The first kappa shape index (κ1) is 26.0. The number of aryl methyl sites for hydroxylation is 2. The summed E-state index contributed by atoms with van der Waals surface area (Å²) in [5, 5.41) is 21.0. The van der Waals surface area contributed by atoms with E-state index in [0.717, 1.165) is 49.7 Å². The maximum Gasteiger partial charge on any atom is 2.00 e. The molecule has 0 N–H and O–H groups in total. The van der Waals surface area contributed by atoms with Gasteiger partial charge in [-0.1, -0.05) is 63.1 Å². The van der Waals surface area contributed by atoms with Crippen molar-refractivity contribution in [1.29, 1.82) is 0 Å². The molecule has 0 spiro atoms. The third kappa shape index (κ3) is 10.8. The second kappa shape index (κ2) is 14.9. The molecule has 0 saturated carbocycles. The summed E-state index contributed by atoms with van der Waals surface area (Å²) in [7, 11) is 0. The van der Waals surface area contributed by atoms with E-state index in [9.17, 15) is 19.8 Å². The van der Waals surface area contributed by atoms with Crippen LogP contribution in [0.4, 0.5) is 0 Å². The summed E-state index contributed by atoms with van der Waals surface area (Å²) >= 11 is 0. The number of unbranched alkanes of at least 4 members (excludes halogenated alkanes) is 2. The minimum atomic E-state index is -1.10. The minimum absolute atomic E-state index is 0. The average molecular weight is 492 g/mol. The number of aromatic carboxylic acids is 2. The third-order valence-electron chi connectivity index (χ3n) is 3.96. The van der Waals surface area contributed by atoms with Crippen LogP contribution in [0, 0.1) is 0 Å². The Kier molecular flexibility index (Phi) is 14.4. The Morgan fingerprint density at radius 3 is 1.41 bits per heavy atom. The van der Waals surface area contributed by atoms with Gasteiger partial charge in [-0.3, -0.25) is 0 Å². The third-order valence-corrected chi connectivity index (χ3v) is 3.96. The molecular weight excluding hydrogens is 466 g/mol. The van der Waals surface area contributed by atoms with E-state index in [1.807, 2.05) is 12.1 Å². The van der Waals surface area contributed by atoms with Gasteiger partial charge in [0.15, 0.2) is 0 Å². The fourth-order valence-electron chi connectivity index (χ4n) is 2.47. The summed E-state index contributed by atoms with van der Waals surface area (Å²) in [6, 6.07) is 13.9. The van der Waals surface area contributed by atoms with Crippen LogP contribution >= 0.6 is 0 Å². The molecule has 2 aromatic rings. The first-order chi connectivity index (χ1) is 12.5. The molecule has 2 rings (SSSR count). The van der Waals surface area contributed by atoms with Crippen molar-refractivity contribution in [2.45, 2.75) is 52.4 Å². The summed E-state index contributed by atoms with van der Waals surface area (Å²) in [6.07, 6.45) is 6.31. The maximum atomic E-state index is 10.5. The van der Waals surface area contributed by atoms with Gasteiger partial charge in [0, 0.05) is 0 Å². The Morgan fingerprint density at radius 1 is 0.741 bits per heavy atom. The molecule has 0 bridgehead atoms. The molecule has 27 heavy (non-hydrogen) atoms. The number of carbonyl (C=O) groups is 2. The molecule has 140 valence electrons. The van der Waals surface area contributed by atoms with Gasteiger partial charge in [0.05, 0.1) is 11.9 Å². The average Bonchev–Trinajstić information content (AvgIpc) is 2.65. The van der Waals surface area contributed by atoms with E-state index >= 15 is 0 Å². The number of benzene rings is 2. The monoisotopic (exact) mass is 492 g/mol. The van der Waals surface area contributed by atoms with Gasteiger partial charge in [-0.25, -0.2) is 0 Å². The zero-order chi connectivity index (χ0) is 19.4. The predicted molar refractivity (Wildman–Crippen MR) is 105 cm³/mol. The van der Waals surface area contributed by atoms with Crippen LogP contribution in [0.25, 0.3) is 0 Å². The minimum Gasteiger partial charge on any atom is -0.545 e. The van der Waals surface area contributed by atoms with Crippen LogP contribution in [0.1, 0.15) is 71.4 Å². The SMILES string of the molecule is CCCCc1cccc(C(=O)[O-])c1.CCCCc1cccc(C(=O)[O-])c1.[Ba+2]. The molecule has 2 aromatic carbocycles. The fourth-order valence-corrected chi connectivity index (χ4v) is 2.47. The van der Waals surface area contributed by atoms with Crippen LogP contribution < -0.4 is 10.2 Å². The van der Waals surface area contributed by atoms with Crippen molar-refractivity contribution in [3.8, 4) is 0 Å². The number of hydrogen-bond donors (Lipinski definition) is 0. The summed E-state index contributed by atoms with van der Waals surface area (Å²) in [5.41, 5.74) is 2.69. The van der Waals surface area contributed by atoms with E-state index in [2.05, 4.69) is 13.8 Å². The normalized spacial score (nSPS) is 9.56. The topological polar surface area (TPSA) is 80.3 Å². The first-order valence-corrected chi connectivity index (χ1v) is 9.08. The molecule has 0 atom stereocenters. The predicted octanol–water partition coefficient (Wildman–Crippen LogP) is 2.40. The Morgan fingerprint density at radius 2 is 1.11 bits per heavy atom. The fraction of sp³-hybridized carbons (Fsp3) is 0.364. The molecule has 0 heterocycles. The van der Waals surface area contributed by atoms with Crippen molar-refractivity contribution in [2.24, 2.45) is 0 Å². The standard InChI is InChI=1S/2C11H14O2.Ba/c2*1-2-3-5-9-6-4-7-10(8-9)11(12)13;/h2*4,6-8H,2-3,5H2,1H3,(H,12,13);/q;;+2/p-2. The number of carbonyl (C=O) groups excluding carboxylic acids is 2. The van der Waals surface area contributed by atoms with E-state index in [1.54, 1.807) is 36.4 Å². The molecule has 0 aromatic heterocycles.